The van der Waals surface area contributed by atoms with Crippen molar-refractivity contribution in [2.24, 2.45) is 0 Å². The molecule has 1 aromatic carbocycles. The molecule has 1 saturated heterocycles. The van der Waals surface area contributed by atoms with Crippen LogP contribution in [0.5, 0.6) is 5.75 Å². The van der Waals surface area contributed by atoms with Gasteiger partial charge in [-0.2, -0.15) is 0 Å². The van der Waals surface area contributed by atoms with Crippen molar-refractivity contribution < 1.29 is 9.53 Å². The number of carbonyl (C=O) groups excluding carboxylic acids is 1. The van der Waals surface area contributed by atoms with Gasteiger partial charge in [0.2, 0.25) is 0 Å². The summed E-state index contributed by atoms with van der Waals surface area (Å²) in [6.45, 7) is 6.22. The topological polar surface area (TPSA) is 48.9 Å². The fourth-order valence-corrected chi connectivity index (χ4v) is 3.39. The van der Waals surface area contributed by atoms with Gasteiger partial charge in [0.1, 0.15) is 11.6 Å². The molecule has 28 heavy (non-hydrogen) atoms. The molecule has 1 aliphatic rings. The molecule has 150 valence electrons. The molecule has 0 N–H and O–H groups in total. The monoisotopic (exact) mass is 382 g/mol. The third-order valence-electron chi connectivity index (χ3n) is 5.24. The molecule has 0 spiro atoms. The molecular formula is C22H30N4O2. The second kappa shape index (κ2) is 9.44. The van der Waals surface area contributed by atoms with Gasteiger partial charge in [-0.25, -0.2) is 4.98 Å². The predicted octanol–water partition coefficient (Wildman–Crippen LogP) is 3.29. The van der Waals surface area contributed by atoms with Crippen LogP contribution in [0.2, 0.25) is 0 Å². The SMILES string of the molecule is CCCCN(C)c1ccc(C(=O)N2CCN(c3ccc(OC)cc3)CC2)cn1. The maximum absolute atomic E-state index is 12.8. The molecule has 0 radical (unpaired) electrons. The number of hydrogen-bond donors (Lipinski definition) is 0. The van der Waals surface area contributed by atoms with Crippen LogP contribution in [0.1, 0.15) is 30.1 Å². The van der Waals surface area contributed by atoms with Gasteiger partial charge in [0.25, 0.3) is 5.91 Å². The number of rotatable bonds is 7. The van der Waals surface area contributed by atoms with E-state index in [1.54, 1.807) is 13.3 Å². The Hall–Kier alpha value is -2.76. The number of carbonyl (C=O) groups is 1. The van der Waals surface area contributed by atoms with E-state index in [0.29, 0.717) is 18.7 Å². The molecule has 6 heteroatoms. The minimum atomic E-state index is 0.0599. The highest BCUT2D eigenvalue weighted by molar-refractivity contribution is 5.94. The fraction of sp³-hybridized carbons (Fsp3) is 0.455. The van der Waals surface area contributed by atoms with Gasteiger partial charge in [-0.1, -0.05) is 13.3 Å². The lowest BCUT2D eigenvalue weighted by Crippen LogP contribution is -2.48. The number of pyridine rings is 1. The summed E-state index contributed by atoms with van der Waals surface area (Å²) < 4.78 is 5.22. The van der Waals surface area contributed by atoms with Crippen molar-refractivity contribution in [1.29, 1.82) is 0 Å². The summed E-state index contributed by atoms with van der Waals surface area (Å²) in [5.41, 5.74) is 1.82. The summed E-state index contributed by atoms with van der Waals surface area (Å²) >= 11 is 0. The Balaban J connectivity index is 1.55. The zero-order valence-electron chi connectivity index (χ0n) is 17.1. The molecule has 2 aromatic rings. The predicted molar refractivity (Wildman–Crippen MR) is 114 cm³/mol. The van der Waals surface area contributed by atoms with Crippen LogP contribution < -0.4 is 14.5 Å². The van der Waals surface area contributed by atoms with Crippen LogP contribution in [-0.2, 0) is 0 Å². The number of aromatic nitrogens is 1. The van der Waals surface area contributed by atoms with Crippen molar-refractivity contribution >= 4 is 17.4 Å². The lowest BCUT2D eigenvalue weighted by Gasteiger charge is -2.36. The average molecular weight is 383 g/mol. The minimum absolute atomic E-state index is 0.0599. The van der Waals surface area contributed by atoms with Gasteiger partial charge >= 0.3 is 0 Å². The third-order valence-corrected chi connectivity index (χ3v) is 5.24. The number of ether oxygens (including phenoxy) is 1. The van der Waals surface area contributed by atoms with Crippen LogP contribution in [0.3, 0.4) is 0 Å². The lowest BCUT2D eigenvalue weighted by atomic mass is 10.2. The summed E-state index contributed by atoms with van der Waals surface area (Å²) in [5, 5.41) is 0. The molecule has 1 amide bonds. The maximum atomic E-state index is 12.8. The van der Waals surface area contributed by atoms with E-state index in [1.165, 1.54) is 0 Å². The van der Waals surface area contributed by atoms with Gasteiger partial charge in [-0.3, -0.25) is 4.79 Å². The maximum Gasteiger partial charge on any atom is 0.255 e. The third kappa shape index (κ3) is 4.74. The normalized spacial score (nSPS) is 14.1. The van der Waals surface area contributed by atoms with Crippen molar-refractivity contribution in [3.05, 3.63) is 48.2 Å². The zero-order valence-corrected chi connectivity index (χ0v) is 17.1. The van der Waals surface area contributed by atoms with Crippen LogP contribution in [-0.4, -0.2) is 62.7 Å². The zero-order chi connectivity index (χ0) is 19.9. The van der Waals surface area contributed by atoms with Gasteiger partial charge in [0.05, 0.1) is 12.7 Å². The van der Waals surface area contributed by atoms with Crippen molar-refractivity contribution in [3.8, 4) is 5.75 Å². The molecule has 1 fully saturated rings. The van der Waals surface area contributed by atoms with Gasteiger partial charge < -0.3 is 19.4 Å². The van der Waals surface area contributed by atoms with Crippen molar-refractivity contribution in [2.75, 3.05) is 56.7 Å². The Morgan fingerprint density at radius 3 is 2.39 bits per heavy atom. The highest BCUT2D eigenvalue weighted by atomic mass is 16.5. The summed E-state index contributed by atoms with van der Waals surface area (Å²) in [5.74, 6) is 1.83. The van der Waals surface area contributed by atoms with E-state index in [4.69, 9.17) is 4.74 Å². The number of hydrogen-bond acceptors (Lipinski definition) is 5. The minimum Gasteiger partial charge on any atom is -0.497 e. The van der Waals surface area contributed by atoms with Crippen LogP contribution in [0, 0.1) is 0 Å². The summed E-state index contributed by atoms with van der Waals surface area (Å²) in [6, 6.07) is 11.9. The van der Waals surface area contributed by atoms with Gasteiger partial charge in [-0.05, 0) is 42.8 Å². The Morgan fingerprint density at radius 1 is 1.11 bits per heavy atom. The lowest BCUT2D eigenvalue weighted by molar-refractivity contribution is 0.0746. The fourth-order valence-electron chi connectivity index (χ4n) is 3.39. The number of unbranched alkanes of at least 4 members (excludes halogenated alkanes) is 1. The number of nitrogens with zero attached hydrogens (tertiary/aromatic N) is 4. The van der Waals surface area contributed by atoms with Crippen molar-refractivity contribution in [1.82, 2.24) is 9.88 Å². The molecule has 0 aliphatic carbocycles. The summed E-state index contributed by atoms with van der Waals surface area (Å²) in [4.78, 5) is 23.6. The first-order valence-electron chi connectivity index (χ1n) is 9.98. The van der Waals surface area contributed by atoms with E-state index >= 15 is 0 Å². The Kier molecular flexibility index (Phi) is 6.74. The first-order valence-corrected chi connectivity index (χ1v) is 9.98. The average Bonchev–Trinajstić information content (AvgIpc) is 2.77. The van der Waals surface area contributed by atoms with Gasteiger partial charge in [0.15, 0.2) is 0 Å². The van der Waals surface area contributed by atoms with Crippen LogP contribution in [0.25, 0.3) is 0 Å². The Labute approximate surface area is 167 Å². The van der Waals surface area contributed by atoms with E-state index in [1.807, 2.05) is 36.2 Å². The largest absolute Gasteiger partial charge is 0.497 e. The van der Waals surface area contributed by atoms with Crippen molar-refractivity contribution in [3.63, 3.8) is 0 Å². The Morgan fingerprint density at radius 2 is 1.82 bits per heavy atom. The molecule has 0 saturated carbocycles. The second-order valence-electron chi connectivity index (χ2n) is 7.16. The van der Waals surface area contributed by atoms with Crippen LogP contribution in [0.4, 0.5) is 11.5 Å². The molecule has 1 aliphatic heterocycles. The number of methoxy groups -OCH3 is 1. The number of anilines is 2. The van der Waals surface area contributed by atoms with E-state index in [2.05, 4.69) is 33.8 Å². The number of piperazine rings is 1. The number of benzene rings is 1. The highest BCUT2D eigenvalue weighted by Gasteiger charge is 2.22. The van der Waals surface area contributed by atoms with Gasteiger partial charge in [-0.15, -0.1) is 0 Å². The smallest absolute Gasteiger partial charge is 0.255 e. The molecule has 0 atom stereocenters. The first-order chi connectivity index (χ1) is 13.6. The Bertz CT molecular complexity index is 753. The molecule has 1 aromatic heterocycles. The van der Waals surface area contributed by atoms with Crippen LogP contribution >= 0.6 is 0 Å². The van der Waals surface area contributed by atoms with E-state index < -0.39 is 0 Å². The van der Waals surface area contributed by atoms with E-state index in [9.17, 15) is 4.79 Å². The first kappa shape index (κ1) is 20.0. The molecule has 0 bridgehead atoms. The molecule has 6 nitrogen and oxygen atoms in total. The van der Waals surface area contributed by atoms with E-state index in [0.717, 1.165) is 49.7 Å². The second-order valence-corrected chi connectivity index (χ2v) is 7.16. The molecular weight excluding hydrogens is 352 g/mol. The summed E-state index contributed by atoms with van der Waals surface area (Å²) in [6.07, 6.45) is 4.00. The number of amides is 1. The molecule has 0 unspecified atom stereocenters. The highest BCUT2D eigenvalue weighted by Crippen LogP contribution is 2.21. The standard InChI is InChI=1S/C22H30N4O2/c1-4-5-12-24(2)21-11-6-18(17-23-21)22(27)26-15-13-25(14-16-26)19-7-9-20(28-3)10-8-19/h6-11,17H,4-5,12-16H2,1-3H3. The molecule has 2 heterocycles. The van der Waals surface area contributed by atoms with Gasteiger partial charge in [0, 0.05) is 51.7 Å². The quantitative estimate of drug-likeness (QED) is 0.735. The van der Waals surface area contributed by atoms with Crippen molar-refractivity contribution in [2.45, 2.75) is 19.8 Å². The van der Waals surface area contributed by atoms with Crippen LogP contribution in [0.15, 0.2) is 42.6 Å². The van der Waals surface area contributed by atoms with E-state index in [-0.39, 0.29) is 5.91 Å². The summed E-state index contributed by atoms with van der Waals surface area (Å²) in [7, 11) is 3.71. The molecule has 3 rings (SSSR count).